The number of amides is 1. The third kappa shape index (κ3) is 3.75. The van der Waals surface area contributed by atoms with E-state index in [1.165, 1.54) is 12.1 Å². The molecule has 1 atom stereocenters. The van der Waals surface area contributed by atoms with Crippen molar-refractivity contribution in [3.63, 3.8) is 0 Å². The summed E-state index contributed by atoms with van der Waals surface area (Å²) in [5.74, 6) is -0.643. The molecule has 0 bridgehead atoms. The lowest BCUT2D eigenvalue weighted by Crippen LogP contribution is -2.45. The maximum Gasteiger partial charge on any atom is 0.253 e. The lowest BCUT2D eigenvalue weighted by atomic mass is 10.2. The van der Waals surface area contributed by atoms with Crippen molar-refractivity contribution in [3.8, 4) is 0 Å². The van der Waals surface area contributed by atoms with Gasteiger partial charge in [0.25, 0.3) is 5.91 Å². The number of halogens is 2. The van der Waals surface area contributed by atoms with Gasteiger partial charge >= 0.3 is 0 Å². The van der Waals surface area contributed by atoms with Crippen LogP contribution in [-0.4, -0.2) is 50.2 Å². The molecule has 1 saturated heterocycles. The number of ether oxygens (including phenoxy) is 1. The Morgan fingerprint density at radius 3 is 3.05 bits per heavy atom. The van der Waals surface area contributed by atoms with Gasteiger partial charge in [-0.05, 0) is 34.1 Å². The van der Waals surface area contributed by atoms with E-state index in [1.807, 2.05) is 0 Å². The largest absolute Gasteiger partial charge is 0.374 e. The molecular formula is C13H16BrFN2O2. The molecule has 4 nitrogen and oxygen atoms in total. The molecule has 1 aromatic rings. The monoisotopic (exact) mass is 330 g/mol. The van der Waals surface area contributed by atoms with Gasteiger partial charge in [0.1, 0.15) is 5.82 Å². The Hall–Kier alpha value is -0.980. The second-order valence-electron chi connectivity index (χ2n) is 4.51. The third-order valence-corrected chi connectivity index (χ3v) is 3.64. The highest BCUT2D eigenvalue weighted by Gasteiger charge is 2.20. The van der Waals surface area contributed by atoms with E-state index in [1.54, 1.807) is 18.0 Å². The Bertz CT molecular complexity index is 464. The fraction of sp³-hybridized carbons (Fsp3) is 0.462. The molecule has 0 aromatic heterocycles. The van der Waals surface area contributed by atoms with Gasteiger partial charge in [-0.3, -0.25) is 4.79 Å². The molecule has 1 heterocycles. The average molecular weight is 331 g/mol. The summed E-state index contributed by atoms with van der Waals surface area (Å²) >= 11 is 3.07. The Labute approximate surface area is 120 Å². The van der Waals surface area contributed by atoms with Gasteiger partial charge in [0.2, 0.25) is 0 Å². The summed E-state index contributed by atoms with van der Waals surface area (Å²) in [6, 6.07) is 4.38. The normalized spacial score (nSPS) is 19.2. The third-order valence-electron chi connectivity index (χ3n) is 3.00. The Balaban J connectivity index is 1.99. The van der Waals surface area contributed by atoms with Crippen LogP contribution in [-0.2, 0) is 4.74 Å². The Kier molecular flexibility index (Phi) is 4.90. The molecule has 1 unspecified atom stereocenters. The van der Waals surface area contributed by atoms with Crippen LogP contribution in [0.15, 0.2) is 22.7 Å². The van der Waals surface area contributed by atoms with Crippen LogP contribution in [0.1, 0.15) is 10.4 Å². The number of benzene rings is 1. The quantitative estimate of drug-likeness (QED) is 0.916. The highest BCUT2D eigenvalue weighted by atomic mass is 79.9. The zero-order valence-corrected chi connectivity index (χ0v) is 12.2. The minimum Gasteiger partial charge on any atom is -0.374 e. The van der Waals surface area contributed by atoms with E-state index >= 15 is 0 Å². The number of nitrogens with one attached hydrogen (secondary N) is 1. The van der Waals surface area contributed by atoms with E-state index in [-0.39, 0.29) is 12.0 Å². The maximum atomic E-state index is 13.4. The smallest absolute Gasteiger partial charge is 0.253 e. The molecule has 1 aliphatic heterocycles. The molecule has 6 heteroatoms. The van der Waals surface area contributed by atoms with E-state index in [4.69, 9.17) is 4.74 Å². The number of hydrogen-bond donors (Lipinski definition) is 1. The fourth-order valence-electron chi connectivity index (χ4n) is 1.97. The second-order valence-corrected chi connectivity index (χ2v) is 5.37. The first-order chi connectivity index (χ1) is 9.08. The van der Waals surface area contributed by atoms with Gasteiger partial charge in [-0.25, -0.2) is 4.39 Å². The summed E-state index contributed by atoms with van der Waals surface area (Å²) < 4.78 is 19.3. The molecule has 0 spiro atoms. The molecule has 104 valence electrons. The molecule has 19 heavy (non-hydrogen) atoms. The summed E-state index contributed by atoms with van der Waals surface area (Å²) in [6.45, 7) is 2.71. The van der Waals surface area contributed by atoms with Crippen LogP contribution >= 0.6 is 15.9 Å². The van der Waals surface area contributed by atoms with Gasteiger partial charge < -0.3 is 15.0 Å². The lowest BCUT2D eigenvalue weighted by molar-refractivity contribution is 0.0104. The van der Waals surface area contributed by atoms with Crippen LogP contribution in [0.3, 0.4) is 0 Å². The summed E-state index contributed by atoms with van der Waals surface area (Å²) in [7, 11) is 1.69. The van der Waals surface area contributed by atoms with Crippen molar-refractivity contribution in [1.29, 1.82) is 0 Å². The molecule has 1 amide bonds. The highest BCUT2D eigenvalue weighted by molar-refractivity contribution is 9.10. The van der Waals surface area contributed by atoms with Gasteiger partial charge in [-0.1, -0.05) is 0 Å². The summed E-state index contributed by atoms with van der Waals surface area (Å²) in [4.78, 5) is 13.7. The lowest BCUT2D eigenvalue weighted by Gasteiger charge is -2.28. The molecule has 1 N–H and O–H groups in total. The van der Waals surface area contributed by atoms with E-state index in [0.717, 1.165) is 13.1 Å². The zero-order valence-electron chi connectivity index (χ0n) is 10.7. The summed E-state index contributed by atoms with van der Waals surface area (Å²) in [5.41, 5.74) is 0.340. The van der Waals surface area contributed by atoms with E-state index < -0.39 is 5.82 Å². The van der Waals surface area contributed by atoms with Crippen molar-refractivity contribution in [3.05, 3.63) is 34.1 Å². The standard InChI is InChI=1S/C13H16BrFN2O2/c1-17(8-10-7-16-4-5-19-10)13(18)9-2-3-11(14)12(15)6-9/h2-3,6,10,16H,4-5,7-8H2,1H3. The molecule has 2 rings (SSSR count). The topological polar surface area (TPSA) is 41.6 Å². The number of nitrogens with zero attached hydrogens (tertiary/aromatic N) is 1. The molecule has 1 aromatic carbocycles. The molecular weight excluding hydrogens is 315 g/mol. The Morgan fingerprint density at radius 2 is 2.42 bits per heavy atom. The van der Waals surface area contributed by atoms with Crippen molar-refractivity contribution in [1.82, 2.24) is 10.2 Å². The van der Waals surface area contributed by atoms with Gasteiger partial charge in [0, 0.05) is 32.2 Å². The van der Waals surface area contributed by atoms with Crippen LogP contribution in [0.2, 0.25) is 0 Å². The van der Waals surface area contributed by atoms with Crippen molar-refractivity contribution in [2.24, 2.45) is 0 Å². The molecule has 0 radical (unpaired) electrons. The first kappa shape index (κ1) is 14.4. The van der Waals surface area contributed by atoms with Crippen molar-refractivity contribution < 1.29 is 13.9 Å². The van der Waals surface area contributed by atoms with Gasteiger partial charge in [-0.15, -0.1) is 0 Å². The van der Waals surface area contributed by atoms with Crippen LogP contribution in [0.25, 0.3) is 0 Å². The first-order valence-corrected chi connectivity index (χ1v) is 6.90. The summed E-state index contributed by atoms with van der Waals surface area (Å²) in [5, 5.41) is 3.21. The predicted octanol–water partition coefficient (Wildman–Crippen LogP) is 1.65. The number of morpholine rings is 1. The maximum absolute atomic E-state index is 13.4. The van der Waals surface area contributed by atoms with Crippen LogP contribution in [0, 0.1) is 5.82 Å². The van der Waals surface area contributed by atoms with Gasteiger partial charge in [0.15, 0.2) is 0 Å². The Morgan fingerprint density at radius 1 is 1.63 bits per heavy atom. The van der Waals surface area contributed by atoms with E-state index in [0.29, 0.717) is 23.2 Å². The highest BCUT2D eigenvalue weighted by Crippen LogP contribution is 2.17. The number of carbonyl (C=O) groups is 1. The van der Waals surface area contributed by atoms with Crippen LogP contribution in [0.5, 0.6) is 0 Å². The summed E-state index contributed by atoms with van der Waals surface area (Å²) in [6.07, 6.45) is -0.0111. The minimum absolute atomic E-state index is 0.0111. The fourth-order valence-corrected chi connectivity index (χ4v) is 2.22. The van der Waals surface area contributed by atoms with Crippen LogP contribution in [0.4, 0.5) is 4.39 Å². The van der Waals surface area contributed by atoms with Crippen molar-refractivity contribution in [2.75, 3.05) is 33.3 Å². The van der Waals surface area contributed by atoms with Crippen molar-refractivity contribution in [2.45, 2.75) is 6.10 Å². The zero-order chi connectivity index (χ0) is 13.8. The molecule has 1 aliphatic rings. The average Bonchev–Trinajstić information content (AvgIpc) is 2.42. The number of rotatable bonds is 3. The molecule has 0 saturated carbocycles. The van der Waals surface area contributed by atoms with E-state index in [9.17, 15) is 9.18 Å². The first-order valence-electron chi connectivity index (χ1n) is 6.11. The van der Waals surface area contributed by atoms with Crippen LogP contribution < -0.4 is 5.32 Å². The van der Waals surface area contributed by atoms with Gasteiger partial charge in [0.05, 0.1) is 17.2 Å². The number of carbonyl (C=O) groups excluding carboxylic acids is 1. The SMILES string of the molecule is CN(CC1CNCCO1)C(=O)c1ccc(Br)c(F)c1. The minimum atomic E-state index is -0.435. The predicted molar refractivity (Wildman–Crippen MR) is 73.7 cm³/mol. The van der Waals surface area contributed by atoms with Crippen molar-refractivity contribution >= 4 is 21.8 Å². The number of likely N-dealkylation sites (N-methyl/N-ethyl adjacent to an activating group) is 1. The molecule has 0 aliphatic carbocycles. The molecule has 1 fully saturated rings. The second kappa shape index (κ2) is 6.45. The number of hydrogen-bond acceptors (Lipinski definition) is 3. The van der Waals surface area contributed by atoms with Gasteiger partial charge in [-0.2, -0.15) is 0 Å². The van der Waals surface area contributed by atoms with E-state index in [2.05, 4.69) is 21.2 Å².